The van der Waals surface area contributed by atoms with Crippen LogP contribution in [0.15, 0.2) is 70.8 Å². The van der Waals surface area contributed by atoms with Crippen molar-refractivity contribution in [1.82, 2.24) is 25.0 Å². The van der Waals surface area contributed by atoms with E-state index in [4.69, 9.17) is 14.5 Å². The highest BCUT2D eigenvalue weighted by atomic mass is 32.1. The number of pyridine rings is 1. The molecule has 0 bridgehead atoms. The summed E-state index contributed by atoms with van der Waals surface area (Å²) in [6.45, 7) is 4.69. The molecule has 1 saturated heterocycles. The van der Waals surface area contributed by atoms with Crippen molar-refractivity contribution in [2.45, 2.75) is 19.8 Å². The number of amides is 1. The van der Waals surface area contributed by atoms with Crippen LogP contribution in [0.2, 0.25) is 0 Å². The Balaban J connectivity index is 1.31. The first kappa shape index (κ1) is 23.3. The van der Waals surface area contributed by atoms with Gasteiger partial charge in [0.1, 0.15) is 22.7 Å². The lowest BCUT2D eigenvalue weighted by atomic mass is 10.1. The molecule has 186 valence electrons. The molecule has 6 rings (SSSR count). The molecular weight excluding hydrogens is 484 g/mol. The van der Waals surface area contributed by atoms with Crippen molar-refractivity contribution in [3.05, 3.63) is 88.1 Å². The normalized spacial score (nSPS) is 13.9. The Hall–Kier alpha value is -4.11. The van der Waals surface area contributed by atoms with E-state index in [1.165, 1.54) is 5.56 Å². The molecule has 0 aliphatic carbocycles. The van der Waals surface area contributed by atoms with Crippen molar-refractivity contribution in [1.29, 1.82) is 0 Å². The number of thiophene rings is 1. The zero-order chi connectivity index (χ0) is 25.2. The number of carbonyl (C=O) groups excluding carboxylic acids is 1. The van der Waals surface area contributed by atoms with Gasteiger partial charge in [-0.2, -0.15) is 4.98 Å². The summed E-state index contributed by atoms with van der Waals surface area (Å²) in [6.07, 6.45) is 4.54. The average molecular weight is 511 g/mol. The van der Waals surface area contributed by atoms with E-state index in [0.717, 1.165) is 27.2 Å². The summed E-state index contributed by atoms with van der Waals surface area (Å²) in [6, 6.07) is 16.2. The van der Waals surface area contributed by atoms with Crippen LogP contribution in [0.25, 0.3) is 22.4 Å². The van der Waals surface area contributed by atoms with Gasteiger partial charge in [-0.05, 0) is 36.1 Å². The van der Waals surface area contributed by atoms with E-state index in [1.807, 2.05) is 34.5 Å². The smallest absolute Gasteiger partial charge is 0.263 e. The van der Waals surface area contributed by atoms with Gasteiger partial charge in [0.05, 0.1) is 6.42 Å². The van der Waals surface area contributed by atoms with Crippen LogP contribution < -0.4 is 4.90 Å². The van der Waals surface area contributed by atoms with Gasteiger partial charge in [0.25, 0.3) is 5.71 Å². The summed E-state index contributed by atoms with van der Waals surface area (Å²) >= 11 is 1.62. The quantitative estimate of drug-likeness (QED) is 0.332. The molecule has 4 aromatic heterocycles. The highest BCUT2D eigenvalue weighted by Crippen LogP contribution is 2.34. The topological polar surface area (TPSA) is 88.3 Å². The first-order valence-electron chi connectivity index (χ1n) is 12.3. The van der Waals surface area contributed by atoms with Crippen molar-refractivity contribution in [2.75, 3.05) is 31.1 Å². The van der Waals surface area contributed by atoms with Crippen molar-refractivity contribution in [3.8, 4) is 11.3 Å². The van der Waals surface area contributed by atoms with Crippen LogP contribution in [0.1, 0.15) is 21.8 Å². The van der Waals surface area contributed by atoms with E-state index < -0.39 is 0 Å². The van der Waals surface area contributed by atoms with Crippen molar-refractivity contribution < 1.29 is 9.32 Å². The molecule has 0 radical (unpaired) electrons. The number of anilines is 1. The monoisotopic (exact) mass is 510 g/mol. The molecule has 9 heteroatoms. The van der Waals surface area contributed by atoms with Crippen LogP contribution in [0.3, 0.4) is 0 Å². The molecule has 0 atom stereocenters. The zero-order valence-electron chi connectivity index (χ0n) is 20.5. The average Bonchev–Trinajstić information content (AvgIpc) is 3.60. The fraction of sp³-hybridized carbons (Fsp3) is 0.250. The minimum absolute atomic E-state index is 0.163. The molecule has 0 unspecified atom stereocenters. The van der Waals surface area contributed by atoms with E-state index in [-0.39, 0.29) is 5.91 Å². The number of aryl methyl sites for hydroxylation is 1. The number of hydrogen-bond donors (Lipinski definition) is 0. The van der Waals surface area contributed by atoms with E-state index in [2.05, 4.69) is 46.2 Å². The lowest BCUT2D eigenvalue weighted by Gasteiger charge is -2.35. The Labute approximate surface area is 218 Å². The molecule has 1 amide bonds. The summed E-state index contributed by atoms with van der Waals surface area (Å²) in [7, 11) is 0. The zero-order valence-corrected chi connectivity index (χ0v) is 21.3. The van der Waals surface area contributed by atoms with Crippen LogP contribution in [-0.4, -0.2) is 57.1 Å². The van der Waals surface area contributed by atoms with Gasteiger partial charge in [-0.3, -0.25) is 9.78 Å². The predicted molar refractivity (Wildman–Crippen MR) is 144 cm³/mol. The minimum atomic E-state index is 0.163. The Morgan fingerprint density at radius 1 is 1.03 bits per heavy atom. The minimum Gasteiger partial charge on any atom is -0.352 e. The molecule has 1 aliphatic rings. The standard InChI is InChI=1S/C28H26N6O2S/c1-19-6-8-20(9-7-19)16-23-30-27(25-26(32-36-28(25)31-23)21-4-2-10-29-18-21)34-13-11-33(12-14-34)24(35)17-22-5-3-15-37-22/h2-10,15,18H,11-14,16-17H2,1H3. The van der Waals surface area contributed by atoms with Crippen LogP contribution in [0.4, 0.5) is 5.82 Å². The summed E-state index contributed by atoms with van der Waals surface area (Å²) < 4.78 is 5.73. The maximum Gasteiger partial charge on any atom is 0.263 e. The lowest BCUT2D eigenvalue weighted by Crippen LogP contribution is -2.49. The molecule has 5 aromatic rings. The van der Waals surface area contributed by atoms with Crippen LogP contribution >= 0.6 is 11.3 Å². The number of hydrogen-bond acceptors (Lipinski definition) is 8. The van der Waals surface area contributed by atoms with Gasteiger partial charge in [-0.1, -0.05) is 41.1 Å². The summed E-state index contributed by atoms with van der Waals surface area (Å²) in [5.41, 5.74) is 4.33. The van der Waals surface area contributed by atoms with Gasteiger partial charge in [0, 0.05) is 55.4 Å². The number of piperazine rings is 1. The second kappa shape index (κ2) is 10.1. The molecule has 0 spiro atoms. The maximum atomic E-state index is 12.9. The Kier molecular flexibility index (Phi) is 6.36. The number of carbonyl (C=O) groups is 1. The van der Waals surface area contributed by atoms with Crippen LogP contribution in [-0.2, 0) is 17.6 Å². The number of aromatic nitrogens is 4. The van der Waals surface area contributed by atoms with Gasteiger partial charge in [-0.15, -0.1) is 11.3 Å². The highest BCUT2D eigenvalue weighted by Gasteiger charge is 2.27. The molecule has 5 heterocycles. The number of nitrogens with zero attached hydrogens (tertiary/aromatic N) is 6. The summed E-state index contributed by atoms with van der Waals surface area (Å²) in [5, 5.41) is 7.14. The van der Waals surface area contributed by atoms with E-state index >= 15 is 0 Å². The van der Waals surface area contributed by atoms with E-state index in [0.29, 0.717) is 56.3 Å². The number of fused-ring (bicyclic) bond motifs is 1. The third-order valence-electron chi connectivity index (χ3n) is 6.62. The molecule has 1 aromatic carbocycles. The van der Waals surface area contributed by atoms with Gasteiger partial charge in [0.2, 0.25) is 5.91 Å². The predicted octanol–water partition coefficient (Wildman–Crippen LogP) is 4.53. The third kappa shape index (κ3) is 4.95. The Morgan fingerprint density at radius 3 is 2.59 bits per heavy atom. The fourth-order valence-corrected chi connectivity index (χ4v) is 5.31. The molecule has 0 N–H and O–H groups in total. The van der Waals surface area contributed by atoms with Crippen molar-refractivity contribution in [2.24, 2.45) is 0 Å². The van der Waals surface area contributed by atoms with Gasteiger partial charge in [-0.25, -0.2) is 4.98 Å². The van der Waals surface area contributed by atoms with Crippen LogP contribution in [0.5, 0.6) is 0 Å². The largest absolute Gasteiger partial charge is 0.352 e. The lowest BCUT2D eigenvalue weighted by molar-refractivity contribution is -0.130. The third-order valence-corrected chi connectivity index (χ3v) is 7.49. The molecule has 1 fully saturated rings. The van der Waals surface area contributed by atoms with E-state index in [9.17, 15) is 4.79 Å². The number of benzene rings is 1. The van der Waals surface area contributed by atoms with Crippen LogP contribution in [0, 0.1) is 6.92 Å². The molecule has 8 nitrogen and oxygen atoms in total. The fourth-order valence-electron chi connectivity index (χ4n) is 4.62. The van der Waals surface area contributed by atoms with Gasteiger partial charge in [0.15, 0.2) is 0 Å². The molecule has 37 heavy (non-hydrogen) atoms. The van der Waals surface area contributed by atoms with Crippen molar-refractivity contribution >= 4 is 34.2 Å². The summed E-state index contributed by atoms with van der Waals surface area (Å²) in [4.78, 5) is 32.1. The Morgan fingerprint density at radius 2 is 1.86 bits per heavy atom. The first-order valence-corrected chi connectivity index (χ1v) is 13.2. The number of rotatable bonds is 6. The van der Waals surface area contributed by atoms with Crippen molar-refractivity contribution in [3.63, 3.8) is 0 Å². The SMILES string of the molecule is Cc1ccc(Cc2nc(N3CCN(C(=O)Cc4cccs4)CC3)c3c(-c4cccnc4)noc3n2)cc1. The second-order valence-electron chi connectivity index (χ2n) is 9.20. The second-order valence-corrected chi connectivity index (χ2v) is 10.2. The molecular formula is C28H26N6O2S. The Bertz CT molecular complexity index is 1510. The molecule has 0 saturated carbocycles. The highest BCUT2D eigenvalue weighted by molar-refractivity contribution is 7.10. The van der Waals surface area contributed by atoms with Gasteiger partial charge >= 0.3 is 0 Å². The van der Waals surface area contributed by atoms with Gasteiger partial charge < -0.3 is 14.3 Å². The molecule has 1 aliphatic heterocycles. The maximum absolute atomic E-state index is 12.9. The van der Waals surface area contributed by atoms with E-state index in [1.54, 1.807) is 23.7 Å². The summed E-state index contributed by atoms with van der Waals surface area (Å²) in [5.74, 6) is 1.63. The first-order chi connectivity index (χ1) is 18.1.